The zero-order valence-electron chi connectivity index (χ0n) is 12.6. The predicted octanol–water partition coefficient (Wildman–Crippen LogP) is 4.56. The van der Waals surface area contributed by atoms with Gasteiger partial charge in [-0.1, -0.05) is 35.8 Å². The molecule has 114 valence electrons. The molecule has 0 atom stereocenters. The van der Waals surface area contributed by atoms with Crippen molar-refractivity contribution in [3.63, 3.8) is 0 Å². The van der Waals surface area contributed by atoms with Crippen molar-refractivity contribution in [2.45, 2.75) is 33.1 Å². The molecule has 0 saturated carbocycles. The van der Waals surface area contributed by atoms with Gasteiger partial charge in [0.25, 0.3) is 0 Å². The molecule has 1 aromatic carbocycles. The van der Waals surface area contributed by atoms with Gasteiger partial charge in [-0.2, -0.15) is 0 Å². The van der Waals surface area contributed by atoms with Gasteiger partial charge in [-0.25, -0.2) is 4.79 Å². The van der Waals surface area contributed by atoms with E-state index in [1.54, 1.807) is 6.08 Å². The molecule has 1 aliphatic heterocycles. The topological polar surface area (TPSA) is 40.5 Å². The van der Waals surface area contributed by atoms with Gasteiger partial charge in [-0.3, -0.25) is 0 Å². The highest BCUT2D eigenvalue weighted by molar-refractivity contribution is 9.10. The number of carboxylic acid groups (broad SMARTS) is 1. The molecule has 1 saturated heterocycles. The van der Waals surface area contributed by atoms with Crippen LogP contribution in [0.2, 0.25) is 0 Å². The Bertz CT molecular complexity index is 550. The summed E-state index contributed by atoms with van der Waals surface area (Å²) in [6.07, 6.45) is 6.47. The molecule has 0 amide bonds. The van der Waals surface area contributed by atoms with Gasteiger partial charge in [-0.15, -0.1) is 0 Å². The lowest BCUT2D eigenvalue weighted by Gasteiger charge is -2.27. The Hall–Kier alpha value is -1.29. The molecular weight excluding hydrogens is 330 g/mol. The standard InChI is InChI=1S/C17H22BrNO2/c1-3-17(4-2)9-10-19(12-17)14-7-5-13(15(18)11-14)6-8-16(20)21/h5-8,11H,3-4,9-10,12H2,1-2H3,(H,20,21)/b8-6+. The van der Waals surface area contributed by atoms with Crippen molar-refractivity contribution in [2.75, 3.05) is 18.0 Å². The normalized spacial score (nSPS) is 17.6. The zero-order valence-corrected chi connectivity index (χ0v) is 14.2. The molecule has 0 aromatic heterocycles. The first-order valence-corrected chi connectivity index (χ1v) is 8.24. The summed E-state index contributed by atoms with van der Waals surface area (Å²) in [5.74, 6) is -0.929. The second kappa shape index (κ2) is 6.65. The summed E-state index contributed by atoms with van der Waals surface area (Å²) in [6.45, 7) is 6.76. The van der Waals surface area contributed by atoms with Crippen LogP contribution in [0.4, 0.5) is 5.69 Å². The average Bonchev–Trinajstić information content (AvgIpc) is 2.91. The van der Waals surface area contributed by atoms with E-state index in [1.165, 1.54) is 24.9 Å². The Morgan fingerprint density at radius 3 is 2.67 bits per heavy atom. The quantitative estimate of drug-likeness (QED) is 0.790. The lowest BCUT2D eigenvalue weighted by molar-refractivity contribution is -0.131. The molecule has 1 aromatic rings. The molecule has 1 heterocycles. The Kier molecular flexibility index (Phi) is 5.09. The van der Waals surface area contributed by atoms with E-state index >= 15 is 0 Å². The summed E-state index contributed by atoms with van der Waals surface area (Å²) in [5, 5.41) is 8.69. The predicted molar refractivity (Wildman–Crippen MR) is 90.7 cm³/mol. The third kappa shape index (κ3) is 3.67. The van der Waals surface area contributed by atoms with Gasteiger partial charge in [0.15, 0.2) is 0 Å². The number of hydrogen-bond donors (Lipinski definition) is 1. The first-order valence-electron chi connectivity index (χ1n) is 7.45. The summed E-state index contributed by atoms with van der Waals surface area (Å²) in [7, 11) is 0. The molecule has 0 bridgehead atoms. The number of carbonyl (C=O) groups is 1. The summed E-state index contributed by atoms with van der Waals surface area (Å²) in [5.41, 5.74) is 2.55. The number of aliphatic carboxylic acids is 1. The van der Waals surface area contributed by atoms with Gasteiger partial charge in [-0.05, 0) is 48.4 Å². The highest BCUT2D eigenvalue weighted by atomic mass is 79.9. The van der Waals surface area contributed by atoms with Crippen molar-refractivity contribution < 1.29 is 9.90 Å². The van der Waals surface area contributed by atoms with Gasteiger partial charge >= 0.3 is 5.97 Å². The fourth-order valence-electron chi connectivity index (χ4n) is 2.99. The van der Waals surface area contributed by atoms with Crippen LogP contribution >= 0.6 is 15.9 Å². The summed E-state index contributed by atoms with van der Waals surface area (Å²) in [6, 6.07) is 6.13. The largest absolute Gasteiger partial charge is 0.478 e. The maximum absolute atomic E-state index is 10.6. The van der Waals surface area contributed by atoms with Gasteiger partial charge in [0.1, 0.15) is 0 Å². The van der Waals surface area contributed by atoms with Crippen LogP contribution in [-0.2, 0) is 4.79 Å². The molecule has 2 rings (SSSR count). The van der Waals surface area contributed by atoms with Crippen LogP contribution in [0.15, 0.2) is 28.7 Å². The average molecular weight is 352 g/mol. The smallest absolute Gasteiger partial charge is 0.328 e. The van der Waals surface area contributed by atoms with E-state index in [0.29, 0.717) is 5.41 Å². The van der Waals surface area contributed by atoms with Crippen LogP contribution in [0, 0.1) is 5.41 Å². The first kappa shape index (κ1) is 16.1. The summed E-state index contributed by atoms with van der Waals surface area (Å²) >= 11 is 3.54. The molecule has 1 fully saturated rings. The number of carboxylic acids is 1. The van der Waals surface area contributed by atoms with Crippen molar-refractivity contribution >= 4 is 33.7 Å². The minimum Gasteiger partial charge on any atom is -0.478 e. The molecule has 3 nitrogen and oxygen atoms in total. The molecule has 0 radical (unpaired) electrons. The number of anilines is 1. The van der Waals surface area contributed by atoms with E-state index in [-0.39, 0.29) is 0 Å². The Morgan fingerprint density at radius 2 is 2.14 bits per heavy atom. The van der Waals surface area contributed by atoms with Crippen LogP contribution in [0.5, 0.6) is 0 Å². The van der Waals surface area contributed by atoms with Crippen molar-refractivity contribution in [1.29, 1.82) is 0 Å². The van der Waals surface area contributed by atoms with Crippen molar-refractivity contribution in [3.05, 3.63) is 34.3 Å². The Balaban J connectivity index is 2.16. The maximum Gasteiger partial charge on any atom is 0.328 e. The van der Waals surface area contributed by atoms with E-state index in [4.69, 9.17) is 5.11 Å². The number of rotatable bonds is 5. The Labute approximate surface area is 134 Å². The first-order chi connectivity index (χ1) is 9.99. The number of hydrogen-bond acceptors (Lipinski definition) is 2. The summed E-state index contributed by atoms with van der Waals surface area (Å²) < 4.78 is 0.933. The molecule has 0 spiro atoms. The van der Waals surface area contributed by atoms with Crippen molar-refractivity contribution in [2.24, 2.45) is 5.41 Å². The molecule has 1 aliphatic rings. The van der Waals surface area contributed by atoms with Crippen LogP contribution in [0.3, 0.4) is 0 Å². The minimum atomic E-state index is -0.929. The molecule has 1 N–H and O–H groups in total. The van der Waals surface area contributed by atoms with Gasteiger partial charge in [0, 0.05) is 29.3 Å². The van der Waals surface area contributed by atoms with Crippen LogP contribution in [-0.4, -0.2) is 24.2 Å². The third-order valence-corrected chi connectivity index (χ3v) is 5.38. The lowest BCUT2D eigenvalue weighted by atomic mass is 9.82. The lowest BCUT2D eigenvalue weighted by Crippen LogP contribution is -2.26. The maximum atomic E-state index is 10.6. The Morgan fingerprint density at radius 1 is 1.43 bits per heavy atom. The SMILES string of the molecule is CCC1(CC)CCN(c2ccc(/C=C/C(=O)O)c(Br)c2)C1. The summed E-state index contributed by atoms with van der Waals surface area (Å²) in [4.78, 5) is 13.0. The highest BCUT2D eigenvalue weighted by Crippen LogP contribution is 2.39. The molecule has 0 aliphatic carbocycles. The number of halogens is 1. The van der Waals surface area contributed by atoms with Crippen LogP contribution in [0.25, 0.3) is 6.08 Å². The zero-order chi connectivity index (χ0) is 15.5. The van der Waals surface area contributed by atoms with E-state index in [0.717, 1.165) is 29.2 Å². The van der Waals surface area contributed by atoms with Crippen LogP contribution in [0.1, 0.15) is 38.7 Å². The van der Waals surface area contributed by atoms with E-state index in [2.05, 4.69) is 46.8 Å². The third-order valence-electron chi connectivity index (χ3n) is 4.69. The monoisotopic (exact) mass is 351 g/mol. The second-order valence-corrected chi connectivity index (χ2v) is 6.61. The molecule has 4 heteroatoms. The minimum absolute atomic E-state index is 0.453. The number of benzene rings is 1. The fraction of sp³-hybridized carbons (Fsp3) is 0.471. The van der Waals surface area contributed by atoms with Crippen molar-refractivity contribution in [1.82, 2.24) is 0 Å². The number of nitrogens with zero attached hydrogens (tertiary/aromatic N) is 1. The fourth-order valence-corrected chi connectivity index (χ4v) is 3.49. The van der Waals surface area contributed by atoms with Crippen molar-refractivity contribution in [3.8, 4) is 0 Å². The van der Waals surface area contributed by atoms with E-state index in [1.807, 2.05) is 6.07 Å². The van der Waals surface area contributed by atoms with Gasteiger partial charge < -0.3 is 10.0 Å². The van der Waals surface area contributed by atoms with Gasteiger partial charge in [0.05, 0.1) is 0 Å². The molecule has 0 unspecified atom stereocenters. The molecule has 21 heavy (non-hydrogen) atoms. The highest BCUT2D eigenvalue weighted by Gasteiger charge is 2.34. The second-order valence-electron chi connectivity index (χ2n) is 5.76. The van der Waals surface area contributed by atoms with E-state index in [9.17, 15) is 4.79 Å². The molecular formula is C17H22BrNO2. The van der Waals surface area contributed by atoms with Crippen LogP contribution < -0.4 is 4.90 Å². The van der Waals surface area contributed by atoms with E-state index < -0.39 is 5.97 Å². The van der Waals surface area contributed by atoms with Gasteiger partial charge in [0.2, 0.25) is 0 Å².